The second kappa shape index (κ2) is 14.6. The van der Waals surface area contributed by atoms with Crippen LogP contribution in [0.3, 0.4) is 0 Å². The number of halogens is 3. The Hall–Kier alpha value is -4.43. The lowest BCUT2D eigenvalue weighted by Gasteiger charge is -2.09. The first-order valence-corrected chi connectivity index (χ1v) is 16.9. The number of benzene rings is 4. The third-order valence-corrected chi connectivity index (χ3v) is 8.93. The molecule has 0 atom stereocenters. The average Bonchev–Trinajstić information content (AvgIpc) is 3.03. The van der Waals surface area contributed by atoms with E-state index in [0.29, 0.717) is 22.1 Å². The molecule has 0 radical (unpaired) electrons. The first-order valence-electron chi connectivity index (χ1n) is 13.2. The van der Waals surface area contributed by atoms with Gasteiger partial charge in [0.15, 0.2) is 21.9 Å². The summed E-state index contributed by atoms with van der Waals surface area (Å²) in [5.74, 6) is -0.591. The zero-order valence-electron chi connectivity index (χ0n) is 23.7. The lowest BCUT2D eigenvalue weighted by atomic mass is 10.3. The van der Waals surface area contributed by atoms with Gasteiger partial charge in [0.2, 0.25) is 0 Å². The van der Waals surface area contributed by atoms with E-state index >= 15 is 0 Å². The van der Waals surface area contributed by atoms with Gasteiger partial charge in [-0.2, -0.15) is 0 Å². The van der Waals surface area contributed by atoms with Gasteiger partial charge in [0.1, 0.15) is 5.82 Å². The first kappa shape index (κ1) is 33.5. The maximum atomic E-state index is 12.9. The van der Waals surface area contributed by atoms with Crippen LogP contribution in [0.4, 0.5) is 16.0 Å². The number of aromatic nitrogens is 4. The molecule has 45 heavy (non-hydrogen) atoms. The van der Waals surface area contributed by atoms with Gasteiger partial charge in [0.05, 0.1) is 31.9 Å². The van der Waals surface area contributed by atoms with Crippen LogP contribution in [-0.4, -0.2) is 36.8 Å². The molecule has 2 aromatic heterocycles. The van der Waals surface area contributed by atoms with E-state index in [1.165, 1.54) is 12.1 Å². The van der Waals surface area contributed by atoms with E-state index in [0.717, 1.165) is 24.3 Å². The Balaban J connectivity index is 0.000000194. The molecular formula is C30H25Cl2FN6O4S2. The molecule has 2 heterocycles. The van der Waals surface area contributed by atoms with Crippen LogP contribution in [-0.2, 0) is 20.0 Å². The lowest BCUT2D eigenvalue weighted by Crippen LogP contribution is -2.14. The molecular weight excluding hydrogens is 662 g/mol. The van der Waals surface area contributed by atoms with Gasteiger partial charge in [-0.15, -0.1) is 0 Å². The van der Waals surface area contributed by atoms with Gasteiger partial charge in [0.25, 0.3) is 20.0 Å². The molecule has 4 aromatic carbocycles. The number of nitrogens with one attached hydrogen (secondary N) is 2. The fourth-order valence-corrected chi connectivity index (χ4v) is 6.19. The number of sulfonamides is 2. The molecule has 0 bridgehead atoms. The number of hydrogen-bond acceptors (Lipinski definition) is 8. The fourth-order valence-electron chi connectivity index (χ4n) is 3.67. The molecule has 0 saturated carbocycles. The van der Waals surface area contributed by atoms with Crippen LogP contribution in [0.5, 0.6) is 0 Å². The molecule has 6 rings (SSSR count). The minimum Gasteiger partial charge on any atom is -0.261 e. The standard InChI is InChI=1S/C14H9ClFN3O2S.C14H10ClN3O2S.C2H6/c15-13-14(18-12-4-2-1-3-11(12)17-13)19-22(20,21)10-7-5-9(16)6-8-10;15-13-14(17-12-9-5-4-8-11(12)16-13)18-21(19,20)10-6-2-1-3-7-10;1-2/h1-8H,(H,18,19);1-9H,(H,17,18);1-2H3. The highest BCUT2D eigenvalue weighted by atomic mass is 35.5. The van der Waals surface area contributed by atoms with Crippen molar-refractivity contribution in [3.8, 4) is 0 Å². The van der Waals surface area contributed by atoms with Gasteiger partial charge < -0.3 is 0 Å². The third kappa shape index (κ3) is 8.39. The molecule has 10 nitrogen and oxygen atoms in total. The Morgan fingerprint density at radius 3 is 1.24 bits per heavy atom. The third-order valence-electron chi connectivity index (χ3n) is 5.70. The Kier molecular flexibility index (Phi) is 10.8. The summed E-state index contributed by atoms with van der Waals surface area (Å²) in [6.07, 6.45) is 0. The summed E-state index contributed by atoms with van der Waals surface area (Å²) in [6, 6.07) is 26.4. The van der Waals surface area contributed by atoms with E-state index in [4.69, 9.17) is 23.2 Å². The summed E-state index contributed by atoms with van der Waals surface area (Å²) >= 11 is 12.0. The van der Waals surface area contributed by atoms with Crippen molar-refractivity contribution in [3.63, 3.8) is 0 Å². The van der Waals surface area contributed by atoms with Crippen molar-refractivity contribution in [1.29, 1.82) is 0 Å². The van der Waals surface area contributed by atoms with Crippen molar-refractivity contribution in [1.82, 2.24) is 19.9 Å². The second-order valence-electron chi connectivity index (χ2n) is 8.68. The van der Waals surface area contributed by atoms with E-state index in [1.54, 1.807) is 66.7 Å². The molecule has 15 heteroatoms. The summed E-state index contributed by atoms with van der Waals surface area (Å²) in [5, 5.41) is -0.0578. The topological polar surface area (TPSA) is 144 Å². The number of nitrogens with zero attached hydrogens (tertiary/aromatic N) is 4. The normalized spacial score (nSPS) is 11.1. The molecule has 0 saturated heterocycles. The maximum absolute atomic E-state index is 12.9. The first-order chi connectivity index (χ1) is 21.5. The maximum Gasteiger partial charge on any atom is 0.263 e. The van der Waals surface area contributed by atoms with Crippen LogP contribution in [0.25, 0.3) is 22.1 Å². The average molecular weight is 688 g/mol. The molecule has 0 spiro atoms. The quantitative estimate of drug-likeness (QED) is 0.185. The highest BCUT2D eigenvalue weighted by Gasteiger charge is 2.19. The van der Waals surface area contributed by atoms with Crippen LogP contribution in [0.2, 0.25) is 10.3 Å². The Bertz CT molecular complexity index is 2160. The highest BCUT2D eigenvalue weighted by molar-refractivity contribution is 7.93. The van der Waals surface area contributed by atoms with Crippen LogP contribution >= 0.6 is 23.2 Å². The fraction of sp³-hybridized carbons (Fsp3) is 0.0667. The van der Waals surface area contributed by atoms with Crippen molar-refractivity contribution >= 4 is 77.0 Å². The SMILES string of the molecule is CC.O=S(=O)(Nc1nc2ccccc2nc1Cl)c1ccc(F)cc1.O=S(=O)(Nc1nc2ccccc2nc1Cl)c1ccccc1. The predicted octanol–water partition coefficient (Wildman–Crippen LogP) is 7.33. The van der Waals surface area contributed by atoms with E-state index in [1.807, 2.05) is 13.8 Å². The molecule has 0 aliphatic carbocycles. The molecule has 6 aromatic rings. The molecule has 0 aliphatic heterocycles. The Morgan fingerprint density at radius 1 is 0.511 bits per heavy atom. The molecule has 232 valence electrons. The van der Waals surface area contributed by atoms with E-state index < -0.39 is 25.9 Å². The number of anilines is 2. The van der Waals surface area contributed by atoms with Gasteiger partial charge in [-0.25, -0.2) is 41.2 Å². The molecule has 0 aliphatic rings. The zero-order valence-corrected chi connectivity index (χ0v) is 26.8. The zero-order chi connectivity index (χ0) is 32.6. The largest absolute Gasteiger partial charge is 0.263 e. The van der Waals surface area contributed by atoms with Gasteiger partial charge in [-0.1, -0.05) is 79.5 Å². The number of fused-ring (bicyclic) bond motifs is 2. The number of rotatable bonds is 6. The van der Waals surface area contributed by atoms with E-state index in [9.17, 15) is 21.2 Å². The van der Waals surface area contributed by atoms with Crippen LogP contribution in [0, 0.1) is 5.82 Å². The van der Waals surface area contributed by atoms with E-state index in [-0.39, 0.29) is 31.7 Å². The summed E-state index contributed by atoms with van der Waals surface area (Å²) in [6.45, 7) is 4.00. The van der Waals surface area contributed by atoms with Crippen molar-refractivity contribution in [2.24, 2.45) is 0 Å². The molecule has 0 unspecified atom stereocenters. The van der Waals surface area contributed by atoms with Crippen molar-refractivity contribution < 1.29 is 21.2 Å². The van der Waals surface area contributed by atoms with Crippen molar-refractivity contribution in [2.75, 3.05) is 9.44 Å². The summed E-state index contributed by atoms with van der Waals surface area (Å²) in [4.78, 5) is 16.6. The van der Waals surface area contributed by atoms with E-state index in [2.05, 4.69) is 29.4 Å². The van der Waals surface area contributed by atoms with Gasteiger partial charge in [-0.3, -0.25) is 9.44 Å². The van der Waals surface area contributed by atoms with Crippen molar-refractivity contribution in [2.45, 2.75) is 23.6 Å². The smallest absolute Gasteiger partial charge is 0.261 e. The summed E-state index contributed by atoms with van der Waals surface area (Å²) < 4.78 is 66.5. The predicted molar refractivity (Wildman–Crippen MR) is 175 cm³/mol. The Morgan fingerprint density at radius 2 is 0.844 bits per heavy atom. The highest BCUT2D eigenvalue weighted by Crippen LogP contribution is 2.25. The monoisotopic (exact) mass is 686 g/mol. The second-order valence-corrected chi connectivity index (χ2v) is 12.8. The van der Waals surface area contributed by atoms with Crippen molar-refractivity contribution in [3.05, 3.63) is 119 Å². The Labute approximate surface area is 269 Å². The van der Waals surface area contributed by atoms with Crippen LogP contribution in [0.15, 0.2) is 113 Å². The molecule has 2 N–H and O–H groups in total. The van der Waals surface area contributed by atoms with Gasteiger partial charge in [-0.05, 0) is 60.7 Å². The molecule has 0 fully saturated rings. The summed E-state index contributed by atoms with van der Waals surface area (Å²) in [5.41, 5.74) is 2.22. The van der Waals surface area contributed by atoms with Crippen LogP contribution in [0.1, 0.15) is 13.8 Å². The van der Waals surface area contributed by atoms with Crippen LogP contribution < -0.4 is 9.44 Å². The van der Waals surface area contributed by atoms with Gasteiger partial charge in [0, 0.05) is 0 Å². The van der Waals surface area contributed by atoms with Gasteiger partial charge >= 0.3 is 0 Å². The number of hydrogen-bond donors (Lipinski definition) is 2. The number of para-hydroxylation sites is 4. The lowest BCUT2D eigenvalue weighted by molar-refractivity contribution is 0.598. The summed E-state index contributed by atoms with van der Waals surface area (Å²) in [7, 11) is -7.67. The molecule has 0 amide bonds. The minimum atomic E-state index is -3.92. The minimum absolute atomic E-state index is 0.00760.